The van der Waals surface area contributed by atoms with Gasteiger partial charge in [-0.3, -0.25) is 4.79 Å². The Morgan fingerprint density at radius 2 is 1.88 bits per heavy atom. The van der Waals surface area contributed by atoms with Crippen LogP contribution in [0.5, 0.6) is 0 Å². The van der Waals surface area contributed by atoms with Crippen LogP contribution >= 0.6 is 0 Å². The molecule has 1 amide bonds. The number of benzene rings is 1. The highest BCUT2D eigenvalue weighted by Gasteiger charge is 2.22. The van der Waals surface area contributed by atoms with Crippen LogP contribution in [0.2, 0.25) is 0 Å². The topological polar surface area (TPSA) is 55.1 Å². The van der Waals surface area contributed by atoms with Gasteiger partial charge < -0.3 is 11.1 Å². The van der Waals surface area contributed by atoms with E-state index in [0.717, 1.165) is 12.8 Å². The lowest BCUT2D eigenvalue weighted by atomic mass is 9.98. The third-order valence-electron chi connectivity index (χ3n) is 3.27. The minimum atomic E-state index is -0.319. The highest BCUT2D eigenvalue weighted by atomic mass is 16.1. The van der Waals surface area contributed by atoms with Crippen LogP contribution in [0.1, 0.15) is 43.1 Å². The number of nitrogens with one attached hydrogen (secondary N) is 1. The molecule has 3 heteroatoms. The fraction of sp³-hybridized carbons (Fsp3) is 0.500. The lowest BCUT2D eigenvalue weighted by Crippen LogP contribution is -2.50. The third-order valence-corrected chi connectivity index (χ3v) is 3.27. The molecule has 0 aromatic heterocycles. The van der Waals surface area contributed by atoms with Gasteiger partial charge in [-0.15, -0.1) is 0 Å². The Morgan fingerprint density at radius 3 is 2.29 bits per heavy atom. The van der Waals surface area contributed by atoms with E-state index >= 15 is 0 Å². The van der Waals surface area contributed by atoms with E-state index in [1.54, 1.807) is 0 Å². The van der Waals surface area contributed by atoms with Crippen LogP contribution in [0.25, 0.3) is 0 Å². The van der Waals surface area contributed by atoms with E-state index in [-0.39, 0.29) is 11.4 Å². The number of rotatable bonds is 5. The van der Waals surface area contributed by atoms with Crippen LogP contribution < -0.4 is 11.1 Å². The van der Waals surface area contributed by atoms with Gasteiger partial charge >= 0.3 is 0 Å². The van der Waals surface area contributed by atoms with Crippen molar-refractivity contribution < 1.29 is 4.79 Å². The van der Waals surface area contributed by atoms with Gasteiger partial charge in [0.15, 0.2) is 0 Å². The van der Waals surface area contributed by atoms with E-state index in [0.29, 0.717) is 12.1 Å². The first-order valence-corrected chi connectivity index (χ1v) is 6.16. The molecule has 0 bridgehead atoms. The molecule has 0 radical (unpaired) electrons. The largest absolute Gasteiger partial charge is 0.346 e. The summed E-state index contributed by atoms with van der Waals surface area (Å²) in [7, 11) is 0. The lowest BCUT2D eigenvalue weighted by Gasteiger charge is -2.27. The molecular formula is C14H22N2O. The maximum atomic E-state index is 12.0. The highest BCUT2D eigenvalue weighted by Crippen LogP contribution is 2.10. The summed E-state index contributed by atoms with van der Waals surface area (Å²) >= 11 is 0. The van der Waals surface area contributed by atoms with Crippen LogP contribution in [0.15, 0.2) is 24.3 Å². The number of hydrogen-bond acceptors (Lipinski definition) is 2. The quantitative estimate of drug-likeness (QED) is 0.819. The Labute approximate surface area is 103 Å². The van der Waals surface area contributed by atoms with Crippen molar-refractivity contribution in [2.75, 3.05) is 6.54 Å². The summed E-state index contributed by atoms with van der Waals surface area (Å²) in [6.07, 6.45) is 1.81. The molecule has 3 nitrogen and oxygen atoms in total. The molecule has 1 aromatic carbocycles. The Kier molecular flexibility index (Phi) is 4.70. The van der Waals surface area contributed by atoms with E-state index in [4.69, 9.17) is 5.73 Å². The average Bonchev–Trinajstić information content (AvgIpc) is 2.38. The van der Waals surface area contributed by atoms with Crippen molar-refractivity contribution in [2.24, 2.45) is 5.73 Å². The van der Waals surface area contributed by atoms with E-state index < -0.39 is 0 Å². The zero-order chi connectivity index (χ0) is 12.9. The van der Waals surface area contributed by atoms with Gasteiger partial charge in [-0.25, -0.2) is 0 Å². The first kappa shape index (κ1) is 13.7. The molecule has 0 aliphatic rings. The molecule has 0 aliphatic heterocycles. The highest BCUT2D eigenvalue weighted by molar-refractivity contribution is 5.94. The molecule has 1 aromatic rings. The maximum absolute atomic E-state index is 12.0. The van der Waals surface area contributed by atoms with Crippen molar-refractivity contribution in [1.29, 1.82) is 0 Å². The van der Waals surface area contributed by atoms with Crippen LogP contribution in [-0.4, -0.2) is 18.0 Å². The second-order valence-electron chi connectivity index (χ2n) is 4.62. The molecule has 0 fully saturated rings. The van der Waals surface area contributed by atoms with E-state index in [1.165, 1.54) is 5.56 Å². The molecule has 3 N–H and O–H groups in total. The molecule has 0 aliphatic carbocycles. The fourth-order valence-electron chi connectivity index (χ4n) is 1.52. The van der Waals surface area contributed by atoms with Crippen LogP contribution in [0.4, 0.5) is 0 Å². The molecule has 1 atom stereocenters. The van der Waals surface area contributed by atoms with Gasteiger partial charge in [-0.2, -0.15) is 0 Å². The molecule has 0 saturated carbocycles. The monoisotopic (exact) mass is 234 g/mol. The van der Waals surface area contributed by atoms with Crippen molar-refractivity contribution in [1.82, 2.24) is 5.32 Å². The summed E-state index contributed by atoms with van der Waals surface area (Å²) < 4.78 is 0. The number of nitrogens with two attached hydrogens (primary N) is 1. The summed E-state index contributed by atoms with van der Waals surface area (Å²) in [5.41, 5.74) is 7.28. The molecule has 94 valence electrons. The molecule has 0 saturated heterocycles. The van der Waals surface area contributed by atoms with Crippen LogP contribution in [0.3, 0.4) is 0 Å². The Hall–Kier alpha value is -1.35. The van der Waals surface area contributed by atoms with Crippen LogP contribution in [-0.2, 0) is 6.42 Å². The van der Waals surface area contributed by atoms with Gasteiger partial charge in [0.05, 0.1) is 0 Å². The second-order valence-corrected chi connectivity index (χ2v) is 4.62. The fourth-order valence-corrected chi connectivity index (χ4v) is 1.52. The summed E-state index contributed by atoms with van der Waals surface area (Å²) in [5.74, 6) is -0.0533. The summed E-state index contributed by atoms with van der Waals surface area (Å²) in [6.45, 7) is 6.53. The van der Waals surface area contributed by atoms with Crippen molar-refractivity contribution in [2.45, 2.75) is 39.2 Å². The molecule has 0 heterocycles. The maximum Gasteiger partial charge on any atom is 0.251 e. The van der Waals surface area contributed by atoms with E-state index in [2.05, 4.69) is 12.2 Å². The summed E-state index contributed by atoms with van der Waals surface area (Å²) in [5, 5.41) is 2.98. The normalized spacial score (nSPS) is 14.1. The molecule has 0 spiro atoms. The van der Waals surface area contributed by atoms with Crippen molar-refractivity contribution >= 4 is 5.91 Å². The van der Waals surface area contributed by atoms with Crippen molar-refractivity contribution in [3.8, 4) is 0 Å². The minimum Gasteiger partial charge on any atom is -0.346 e. The van der Waals surface area contributed by atoms with Gasteiger partial charge in [0, 0.05) is 17.6 Å². The lowest BCUT2D eigenvalue weighted by molar-refractivity contribution is 0.0906. The minimum absolute atomic E-state index is 0.0533. The van der Waals surface area contributed by atoms with Crippen molar-refractivity contribution in [3.63, 3.8) is 0 Å². The molecular weight excluding hydrogens is 212 g/mol. The van der Waals surface area contributed by atoms with E-state index in [9.17, 15) is 4.79 Å². The average molecular weight is 234 g/mol. The van der Waals surface area contributed by atoms with Gasteiger partial charge in [0.25, 0.3) is 5.91 Å². The Bertz CT molecular complexity index is 366. The summed E-state index contributed by atoms with van der Waals surface area (Å²) in [4.78, 5) is 12.0. The standard InChI is InChI=1S/C14H22N2O/c1-4-11-6-8-12(9-7-11)13(17)16-14(3,5-2)10-15/h6-9H,4-5,10,15H2,1-3H3,(H,16,17). The molecule has 1 unspecified atom stereocenters. The summed E-state index contributed by atoms with van der Waals surface area (Å²) in [6, 6.07) is 7.70. The SMILES string of the molecule is CCc1ccc(C(=O)NC(C)(CC)CN)cc1. The first-order valence-electron chi connectivity index (χ1n) is 6.16. The van der Waals surface area contributed by atoms with Gasteiger partial charge in [0.1, 0.15) is 0 Å². The number of carbonyl (C=O) groups is 1. The Morgan fingerprint density at radius 1 is 1.29 bits per heavy atom. The third kappa shape index (κ3) is 3.56. The van der Waals surface area contributed by atoms with Gasteiger partial charge in [-0.05, 0) is 37.5 Å². The number of amides is 1. The number of aryl methyl sites for hydroxylation is 1. The van der Waals surface area contributed by atoms with E-state index in [1.807, 2.05) is 38.1 Å². The van der Waals surface area contributed by atoms with Gasteiger partial charge in [0.2, 0.25) is 0 Å². The smallest absolute Gasteiger partial charge is 0.251 e. The predicted octanol–water partition coefficient (Wildman–Crippen LogP) is 2.11. The second kappa shape index (κ2) is 5.82. The Balaban J connectivity index is 2.75. The van der Waals surface area contributed by atoms with Crippen LogP contribution in [0, 0.1) is 0 Å². The number of carbonyl (C=O) groups excluding carboxylic acids is 1. The molecule has 17 heavy (non-hydrogen) atoms. The number of hydrogen-bond donors (Lipinski definition) is 2. The van der Waals surface area contributed by atoms with Crippen molar-refractivity contribution in [3.05, 3.63) is 35.4 Å². The zero-order valence-corrected chi connectivity index (χ0v) is 10.9. The van der Waals surface area contributed by atoms with Gasteiger partial charge in [-0.1, -0.05) is 26.0 Å². The first-order chi connectivity index (χ1) is 8.04. The predicted molar refractivity (Wildman–Crippen MR) is 71.0 cm³/mol. The molecule has 1 rings (SSSR count). The zero-order valence-electron chi connectivity index (χ0n) is 10.9.